The molecule has 4 rings (SSSR count). The van der Waals surface area contributed by atoms with Gasteiger partial charge in [-0.1, -0.05) is 30.3 Å². The van der Waals surface area contributed by atoms with Crippen LogP contribution < -0.4 is 10.6 Å². The Morgan fingerprint density at radius 1 is 0.857 bits per heavy atom. The minimum Gasteiger partial charge on any atom is -0.393 e. The van der Waals surface area contributed by atoms with Crippen molar-refractivity contribution in [3.63, 3.8) is 0 Å². The molecule has 2 aromatic carbocycles. The number of piperidine rings is 1. The van der Waals surface area contributed by atoms with Gasteiger partial charge in [0.25, 0.3) is 5.60 Å². The molecule has 1 heterocycles. The Labute approximate surface area is 238 Å². The van der Waals surface area contributed by atoms with E-state index in [1.54, 1.807) is 6.07 Å². The van der Waals surface area contributed by atoms with Crippen LogP contribution in [-0.2, 0) is 18.6 Å². The van der Waals surface area contributed by atoms with E-state index in [-0.39, 0.29) is 23.8 Å². The number of nitrogens with zero attached hydrogens (tertiary/aromatic N) is 1. The standard InChI is InChI=1S/C29H34F7N3O3/c30-24-16-20(3-10-25(24)38-26(41)37-22-6-8-23(40)9-7-22)15-18-11-13-39(14-12-18)17-19-1-4-21(5-2-19)27(42,28(31,32)33)29(34,35)36/h1-5,10,16,18,22-23,40,42H,6-9,11-15,17H2,(H2,37,38,41)/t22-,23-. The zero-order valence-electron chi connectivity index (χ0n) is 22.7. The van der Waals surface area contributed by atoms with Gasteiger partial charge in [-0.15, -0.1) is 0 Å². The van der Waals surface area contributed by atoms with Gasteiger partial charge in [0.1, 0.15) is 5.82 Å². The van der Waals surface area contributed by atoms with Crippen molar-refractivity contribution in [1.29, 1.82) is 0 Å². The highest BCUT2D eigenvalue weighted by atomic mass is 19.4. The molecule has 2 fully saturated rings. The van der Waals surface area contributed by atoms with Crippen LogP contribution in [-0.4, -0.2) is 58.7 Å². The van der Waals surface area contributed by atoms with Crippen LogP contribution in [0.4, 0.5) is 41.2 Å². The van der Waals surface area contributed by atoms with Gasteiger partial charge < -0.3 is 20.8 Å². The summed E-state index contributed by atoms with van der Waals surface area (Å²) in [6, 6.07) is 7.72. The van der Waals surface area contributed by atoms with Crippen molar-refractivity contribution in [3.8, 4) is 0 Å². The predicted molar refractivity (Wildman–Crippen MR) is 141 cm³/mol. The third-order valence-corrected chi connectivity index (χ3v) is 8.14. The van der Waals surface area contributed by atoms with Crippen LogP contribution in [0.15, 0.2) is 42.5 Å². The molecule has 232 valence electrons. The van der Waals surface area contributed by atoms with Gasteiger partial charge in [0.2, 0.25) is 0 Å². The summed E-state index contributed by atoms with van der Waals surface area (Å²) in [6.07, 6.45) is -7.50. The number of aliphatic hydroxyl groups is 2. The van der Waals surface area contributed by atoms with Crippen molar-refractivity contribution in [3.05, 3.63) is 65.0 Å². The fourth-order valence-corrected chi connectivity index (χ4v) is 5.63. The van der Waals surface area contributed by atoms with Gasteiger partial charge in [0.15, 0.2) is 0 Å². The largest absolute Gasteiger partial charge is 0.430 e. The minimum atomic E-state index is -5.93. The maximum atomic E-state index is 14.7. The van der Waals surface area contributed by atoms with Crippen molar-refractivity contribution in [2.24, 2.45) is 5.92 Å². The van der Waals surface area contributed by atoms with Crippen molar-refractivity contribution in [2.45, 2.75) is 81.6 Å². The van der Waals surface area contributed by atoms with E-state index in [1.807, 2.05) is 4.90 Å². The minimum absolute atomic E-state index is 0.0651. The summed E-state index contributed by atoms with van der Waals surface area (Å²) in [6.45, 7) is 1.60. The molecule has 1 aliphatic heterocycles. The number of carbonyl (C=O) groups excluding carboxylic acids is 1. The Bertz CT molecular complexity index is 1190. The molecular formula is C29H34F7N3O3. The Hall–Kier alpha value is -2.90. The van der Waals surface area contributed by atoms with Crippen molar-refractivity contribution < 1.29 is 45.7 Å². The average molecular weight is 606 g/mol. The molecule has 1 saturated heterocycles. The Balaban J connectivity index is 1.25. The lowest BCUT2D eigenvalue weighted by molar-refractivity contribution is -0.376. The third-order valence-electron chi connectivity index (χ3n) is 8.14. The van der Waals surface area contributed by atoms with E-state index in [1.165, 1.54) is 12.1 Å². The Morgan fingerprint density at radius 2 is 1.43 bits per heavy atom. The summed E-state index contributed by atoms with van der Waals surface area (Å²) in [7, 11) is 0. The molecule has 1 aliphatic carbocycles. The lowest BCUT2D eigenvalue weighted by Crippen LogP contribution is -2.53. The van der Waals surface area contributed by atoms with Crippen LogP contribution in [0.1, 0.15) is 55.2 Å². The van der Waals surface area contributed by atoms with Crippen molar-refractivity contribution >= 4 is 11.7 Å². The van der Waals surface area contributed by atoms with E-state index >= 15 is 0 Å². The van der Waals surface area contributed by atoms with E-state index < -0.39 is 35.4 Å². The first-order valence-corrected chi connectivity index (χ1v) is 13.9. The number of aliphatic hydroxyl groups excluding tert-OH is 1. The molecule has 0 aromatic heterocycles. The normalized spacial score (nSPS) is 21.3. The molecule has 42 heavy (non-hydrogen) atoms. The van der Waals surface area contributed by atoms with Crippen LogP contribution in [0, 0.1) is 11.7 Å². The lowest BCUT2D eigenvalue weighted by atomic mass is 9.89. The summed E-state index contributed by atoms with van der Waals surface area (Å²) in [5.41, 5.74) is -4.88. The van der Waals surface area contributed by atoms with E-state index in [9.17, 15) is 45.7 Å². The first kappa shape index (κ1) is 32.0. The van der Waals surface area contributed by atoms with Gasteiger partial charge in [0.05, 0.1) is 11.8 Å². The number of alkyl halides is 6. The van der Waals surface area contributed by atoms with Crippen LogP contribution in [0.5, 0.6) is 0 Å². The number of rotatable bonds is 7. The number of amides is 2. The average Bonchev–Trinajstić information content (AvgIpc) is 2.91. The molecule has 0 radical (unpaired) electrons. The summed E-state index contributed by atoms with van der Waals surface area (Å²) in [5.74, 6) is -0.300. The molecule has 0 atom stereocenters. The smallest absolute Gasteiger partial charge is 0.393 e. The molecule has 0 unspecified atom stereocenters. The second-order valence-corrected chi connectivity index (χ2v) is 11.2. The number of hydrogen-bond donors (Lipinski definition) is 4. The lowest BCUT2D eigenvalue weighted by Gasteiger charge is -2.33. The molecule has 6 nitrogen and oxygen atoms in total. The van der Waals surface area contributed by atoms with E-state index in [2.05, 4.69) is 10.6 Å². The molecule has 4 N–H and O–H groups in total. The zero-order valence-corrected chi connectivity index (χ0v) is 22.7. The fourth-order valence-electron chi connectivity index (χ4n) is 5.63. The molecule has 1 saturated carbocycles. The number of benzene rings is 2. The second-order valence-electron chi connectivity index (χ2n) is 11.2. The van der Waals surface area contributed by atoms with Gasteiger partial charge in [-0.25, -0.2) is 9.18 Å². The molecular weight excluding hydrogens is 571 g/mol. The van der Waals surface area contributed by atoms with Crippen molar-refractivity contribution in [2.75, 3.05) is 18.4 Å². The molecule has 0 bridgehead atoms. The number of urea groups is 1. The maximum Gasteiger partial charge on any atom is 0.430 e. The highest BCUT2D eigenvalue weighted by molar-refractivity contribution is 5.89. The van der Waals surface area contributed by atoms with E-state index in [4.69, 9.17) is 0 Å². The quantitative estimate of drug-likeness (QED) is 0.291. The Kier molecular flexibility index (Phi) is 9.73. The topological polar surface area (TPSA) is 84.8 Å². The van der Waals surface area contributed by atoms with Crippen LogP contribution in [0.25, 0.3) is 0 Å². The van der Waals surface area contributed by atoms with Crippen LogP contribution >= 0.6 is 0 Å². The summed E-state index contributed by atoms with van der Waals surface area (Å²) in [5, 5.41) is 24.5. The number of halogens is 7. The first-order valence-electron chi connectivity index (χ1n) is 13.9. The Morgan fingerprint density at radius 3 is 1.98 bits per heavy atom. The van der Waals surface area contributed by atoms with E-state index in [0.29, 0.717) is 69.4 Å². The molecule has 0 spiro atoms. The highest BCUT2D eigenvalue weighted by Crippen LogP contribution is 2.50. The summed E-state index contributed by atoms with van der Waals surface area (Å²) in [4.78, 5) is 14.3. The number of anilines is 1. The first-order chi connectivity index (χ1) is 19.7. The van der Waals surface area contributed by atoms with E-state index in [0.717, 1.165) is 30.5 Å². The van der Waals surface area contributed by atoms with Crippen LogP contribution in [0.2, 0.25) is 0 Å². The third kappa shape index (κ3) is 7.54. The molecule has 13 heteroatoms. The monoisotopic (exact) mass is 605 g/mol. The molecule has 2 aromatic rings. The summed E-state index contributed by atoms with van der Waals surface area (Å²) < 4.78 is 93.4. The van der Waals surface area contributed by atoms with Crippen molar-refractivity contribution in [1.82, 2.24) is 10.2 Å². The SMILES string of the molecule is O=C(Nc1ccc(CC2CCN(Cc3ccc(C(O)(C(F)(F)F)C(F)(F)F)cc3)CC2)cc1F)N[C@H]1CC[C@H](O)CC1. The van der Waals surface area contributed by atoms with Crippen LogP contribution in [0.3, 0.4) is 0 Å². The summed E-state index contributed by atoms with van der Waals surface area (Å²) >= 11 is 0. The predicted octanol–water partition coefficient (Wildman–Crippen LogP) is 6.02. The number of carbonyl (C=O) groups is 1. The van der Waals surface area contributed by atoms with Gasteiger partial charge in [-0.2, -0.15) is 26.3 Å². The second kappa shape index (κ2) is 12.8. The van der Waals surface area contributed by atoms with Gasteiger partial charge in [-0.3, -0.25) is 4.90 Å². The molecule has 2 aliphatic rings. The fraction of sp³-hybridized carbons (Fsp3) is 0.552. The highest BCUT2D eigenvalue weighted by Gasteiger charge is 2.71. The number of hydrogen-bond acceptors (Lipinski definition) is 4. The number of likely N-dealkylation sites (tertiary alicyclic amines) is 1. The molecule has 2 amide bonds. The zero-order chi connectivity index (χ0) is 30.7. The van der Waals surface area contributed by atoms with Gasteiger partial charge in [-0.05, 0) is 87.2 Å². The van der Waals surface area contributed by atoms with Gasteiger partial charge >= 0.3 is 18.4 Å². The van der Waals surface area contributed by atoms with Gasteiger partial charge in [0, 0.05) is 18.2 Å². The maximum absolute atomic E-state index is 14.7. The number of nitrogens with one attached hydrogen (secondary N) is 2.